The average molecular weight is 395 g/mol. The van der Waals surface area contributed by atoms with Crippen molar-refractivity contribution in [1.82, 2.24) is 0 Å². The first-order valence-electron chi connectivity index (χ1n) is 10.5. The Morgan fingerprint density at radius 2 is 1.60 bits per heavy atom. The van der Waals surface area contributed by atoms with Gasteiger partial charge in [0.05, 0.1) is 29.1 Å². The second-order valence-electron chi connectivity index (χ2n) is 7.40. The third-order valence-electron chi connectivity index (χ3n) is 5.68. The van der Waals surface area contributed by atoms with Crippen molar-refractivity contribution in [3.8, 4) is 6.07 Å². The van der Waals surface area contributed by atoms with Gasteiger partial charge in [-0.15, -0.1) is 0 Å². The van der Waals surface area contributed by atoms with E-state index in [1.165, 1.54) is 11.3 Å². The first kappa shape index (κ1) is 19.7. The fraction of sp³-hybridized carbons (Fsp3) is 0.231. The Labute approximate surface area is 178 Å². The van der Waals surface area contributed by atoms with Gasteiger partial charge < -0.3 is 4.90 Å². The van der Waals surface area contributed by atoms with E-state index in [0.29, 0.717) is 5.56 Å². The second-order valence-corrected chi connectivity index (χ2v) is 7.40. The van der Waals surface area contributed by atoms with Gasteiger partial charge in [0.15, 0.2) is 0 Å². The van der Waals surface area contributed by atoms with E-state index in [9.17, 15) is 0 Å². The minimum Gasteiger partial charge on any atom is -0.372 e. The van der Waals surface area contributed by atoms with Gasteiger partial charge in [-0.3, -0.25) is 5.01 Å². The van der Waals surface area contributed by atoms with Crippen LogP contribution in [0.15, 0.2) is 84.0 Å². The number of anilines is 2. The number of hydrogen-bond donors (Lipinski definition) is 0. The van der Waals surface area contributed by atoms with E-state index in [-0.39, 0.29) is 6.04 Å². The molecule has 0 saturated carbocycles. The van der Waals surface area contributed by atoms with Crippen molar-refractivity contribution in [1.29, 1.82) is 5.26 Å². The fourth-order valence-corrected chi connectivity index (χ4v) is 4.00. The van der Waals surface area contributed by atoms with Crippen LogP contribution in [0.5, 0.6) is 0 Å². The van der Waals surface area contributed by atoms with E-state index in [2.05, 4.69) is 78.4 Å². The molecular weight excluding hydrogens is 368 g/mol. The maximum Gasteiger partial charge on any atom is 0.0991 e. The summed E-state index contributed by atoms with van der Waals surface area (Å²) in [5.41, 5.74) is 6.38. The zero-order chi connectivity index (χ0) is 20.9. The van der Waals surface area contributed by atoms with Crippen LogP contribution in [-0.4, -0.2) is 18.8 Å². The van der Waals surface area contributed by atoms with Gasteiger partial charge in [0, 0.05) is 25.2 Å². The quantitative estimate of drug-likeness (QED) is 0.534. The van der Waals surface area contributed by atoms with Gasteiger partial charge in [-0.25, -0.2) is 0 Å². The van der Waals surface area contributed by atoms with Crippen molar-refractivity contribution in [3.63, 3.8) is 0 Å². The van der Waals surface area contributed by atoms with Crippen molar-refractivity contribution in [2.24, 2.45) is 5.10 Å². The number of benzene rings is 3. The van der Waals surface area contributed by atoms with E-state index < -0.39 is 0 Å². The zero-order valence-corrected chi connectivity index (χ0v) is 17.5. The standard InChI is InChI=1S/C26H26N4/c1-3-29(4-2)23-16-12-22(13-17-23)26-18-25(21-8-6-5-7-9-21)28-30(26)24-14-10-20(19-27)11-15-24/h5-17,26H,3-4,18H2,1-2H3/t26-/m0/s1. The monoisotopic (exact) mass is 394 g/mol. The van der Waals surface area contributed by atoms with E-state index >= 15 is 0 Å². The third-order valence-corrected chi connectivity index (χ3v) is 5.68. The van der Waals surface area contributed by atoms with Gasteiger partial charge in [-0.05, 0) is 61.4 Å². The van der Waals surface area contributed by atoms with Crippen LogP contribution in [0.25, 0.3) is 0 Å². The van der Waals surface area contributed by atoms with Crippen LogP contribution < -0.4 is 9.91 Å². The predicted molar refractivity (Wildman–Crippen MR) is 124 cm³/mol. The molecule has 0 saturated heterocycles. The second kappa shape index (κ2) is 8.84. The van der Waals surface area contributed by atoms with E-state index in [1.54, 1.807) is 0 Å². The molecule has 0 spiro atoms. The van der Waals surface area contributed by atoms with Crippen molar-refractivity contribution < 1.29 is 0 Å². The number of nitriles is 1. The SMILES string of the molecule is CCN(CC)c1ccc([C@@H]2CC(c3ccccc3)=NN2c2ccc(C#N)cc2)cc1. The summed E-state index contributed by atoms with van der Waals surface area (Å²) >= 11 is 0. The molecule has 1 atom stereocenters. The summed E-state index contributed by atoms with van der Waals surface area (Å²) in [4.78, 5) is 2.35. The van der Waals surface area contributed by atoms with Crippen LogP contribution >= 0.6 is 0 Å². The zero-order valence-electron chi connectivity index (χ0n) is 17.5. The van der Waals surface area contributed by atoms with Crippen LogP contribution in [0.3, 0.4) is 0 Å². The summed E-state index contributed by atoms with van der Waals surface area (Å²) in [7, 11) is 0. The van der Waals surface area contributed by atoms with Crippen molar-refractivity contribution in [3.05, 3.63) is 95.6 Å². The summed E-state index contributed by atoms with van der Waals surface area (Å²) in [6.45, 7) is 6.36. The van der Waals surface area contributed by atoms with Gasteiger partial charge in [0.2, 0.25) is 0 Å². The maximum absolute atomic E-state index is 9.13. The van der Waals surface area contributed by atoms with Gasteiger partial charge >= 0.3 is 0 Å². The van der Waals surface area contributed by atoms with Crippen LogP contribution in [0.4, 0.5) is 11.4 Å². The Kier molecular flexibility index (Phi) is 5.81. The molecule has 1 heterocycles. The molecule has 0 aromatic heterocycles. The first-order valence-corrected chi connectivity index (χ1v) is 10.5. The van der Waals surface area contributed by atoms with Gasteiger partial charge in [-0.2, -0.15) is 10.4 Å². The summed E-state index contributed by atoms with van der Waals surface area (Å²) < 4.78 is 0. The molecule has 0 fully saturated rings. The van der Waals surface area contributed by atoms with E-state index in [1.807, 2.05) is 30.3 Å². The van der Waals surface area contributed by atoms with Crippen molar-refractivity contribution in [2.75, 3.05) is 23.0 Å². The van der Waals surface area contributed by atoms with Gasteiger partial charge in [-0.1, -0.05) is 42.5 Å². The lowest BCUT2D eigenvalue weighted by Gasteiger charge is -2.25. The molecule has 1 aliphatic heterocycles. The Bertz CT molecular complexity index is 1040. The smallest absolute Gasteiger partial charge is 0.0991 e. The van der Waals surface area contributed by atoms with Crippen LogP contribution in [0.2, 0.25) is 0 Å². The highest BCUT2D eigenvalue weighted by Crippen LogP contribution is 2.37. The molecule has 0 bridgehead atoms. The minimum absolute atomic E-state index is 0.124. The third kappa shape index (κ3) is 3.92. The highest BCUT2D eigenvalue weighted by Gasteiger charge is 2.30. The molecule has 0 unspecified atom stereocenters. The summed E-state index contributed by atoms with van der Waals surface area (Å²) in [5.74, 6) is 0. The molecule has 3 aromatic carbocycles. The molecule has 0 N–H and O–H groups in total. The number of nitrogens with zero attached hydrogens (tertiary/aromatic N) is 4. The minimum atomic E-state index is 0.124. The normalized spacial score (nSPS) is 15.6. The number of hydrogen-bond acceptors (Lipinski definition) is 4. The van der Waals surface area contributed by atoms with Crippen molar-refractivity contribution >= 4 is 17.1 Å². The molecule has 3 aromatic rings. The molecule has 0 aliphatic carbocycles. The fourth-order valence-electron chi connectivity index (χ4n) is 4.00. The Balaban J connectivity index is 1.69. The highest BCUT2D eigenvalue weighted by molar-refractivity contribution is 6.03. The molecule has 30 heavy (non-hydrogen) atoms. The highest BCUT2D eigenvalue weighted by atomic mass is 15.5. The van der Waals surface area contributed by atoms with Gasteiger partial charge in [0.1, 0.15) is 0 Å². The van der Waals surface area contributed by atoms with Crippen molar-refractivity contribution in [2.45, 2.75) is 26.3 Å². The Morgan fingerprint density at radius 3 is 2.20 bits per heavy atom. The van der Waals surface area contributed by atoms with Gasteiger partial charge in [0.25, 0.3) is 0 Å². The summed E-state index contributed by atoms with van der Waals surface area (Å²) in [5, 5.41) is 16.2. The molecule has 4 nitrogen and oxygen atoms in total. The first-order chi connectivity index (χ1) is 14.7. The molecule has 150 valence electrons. The van der Waals surface area contributed by atoms with Crippen LogP contribution in [0, 0.1) is 11.3 Å². The topological polar surface area (TPSA) is 42.6 Å². The van der Waals surface area contributed by atoms with Crippen LogP contribution in [-0.2, 0) is 0 Å². The Hall–Kier alpha value is -3.58. The lowest BCUT2D eigenvalue weighted by molar-refractivity contribution is 0.708. The van der Waals surface area contributed by atoms with E-state index in [0.717, 1.165) is 36.5 Å². The molecule has 4 heteroatoms. The van der Waals surface area contributed by atoms with E-state index in [4.69, 9.17) is 10.4 Å². The predicted octanol–water partition coefficient (Wildman–Crippen LogP) is 5.76. The molecule has 4 rings (SSSR count). The molecule has 0 radical (unpaired) electrons. The summed E-state index contributed by atoms with van der Waals surface area (Å²) in [6, 6.07) is 29.2. The number of hydrazone groups is 1. The molecule has 0 amide bonds. The lowest BCUT2D eigenvalue weighted by atomic mass is 9.98. The molecule has 1 aliphatic rings. The Morgan fingerprint density at radius 1 is 0.933 bits per heavy atom. The maximum atomic E-state index is 9.13. The largest absolute Gasteiger partial charge is 0.372 e. The molecular formula is C26H26N4. The summed E-state index contributed by atoms with van der Waals surface area (Å²) in [6.07, 6.45) is 0.842. The lowest BCUT2D eigenvalue weighted by Crippen LogP contribution is -2.22. The average Bonchev–Trinajstić information content (AvgIpc) is 3.26. The van der Waals surface area contributed by atoms with Crippen LogP contribution in [0.1, 0.15) is 43.0 Å². The number of rotatable bonds is 6.